The summed E-state index contributed by atoms with van der Waals surface area (Å²) in [5, 5.41) is 10.1. The van der Waals surface area contributed by atoms with Crippen LogP contribution in [0.5, 0.6) is 0 Å². The van der Waals surface area contributed by atoms with Crippen molar-refractivity contribution in [1.82, 2.24) is 0 Å². The Hall–Kier alpha value is -1.02. The standard InChI is InChI=1S/C16H25NO/c1-4-16(18)14-7-5-6-8-15(14)17-10-9-13(11-17)12(2)3/h5-8,12-13,16,18H,4,9-11H2,1-3H3/t13?,16-/m0/s1. The third-order valence-electron chi connectivity index (χ3n) is 4.19. The van der Waals surface area contributed by atoms with E-state index < -0.39 is 0 Å². The van der Waals surface area contributed by atoms with Crippen LogP contribution in [0.15, 0.2) is 24.3 Å². The van der Waals surface area contributed by atoms with Crippen LogP contribution in [0.3, 0.4) is 0 Å². The second-order valence-corrected chi connectivity index (χ2v) is 5.72. The Morgan fingerprint density at radius 2 is 2.06 bits per heavy atom. The highest BCUT2D eigenvalue weighted by atomic mass is 16.3. The van der Waals surface area contributed by atoms with E-state index in [2.05, 4.69) is 36.9 Å². The summed E-state index contributed by atoms with van der Waals surface area (Å²) in [5.74, 6) is 1.54. The summed E-state index contributed by atoms with van der Waals surface area (Å²) < 4.78 is 0. The summed E-state index contributed by atoms with van der Waals surface area (Å²) >= 11 is 0. The van der Waals surface area contributed by atoms with Crippen molar-refractivity contribution in [2.75, 3.05) is 18.0 Å². The van der Waals surface area contributed by atoms with E-state index in [0.717, 1.165) is 36.9 Å². The van der Waals surface area contributed by atoms with Gasteiger partial charge in [-0.2, -0.15) is 0 Å². The van der Waals surface area contributed by atoms with Crippen molar-refractivity contribution in [2.45, 2.75) is 39.7 Å². The molecular formula is C16H25NO. The van der Waals surface area contributed by atoms with Gasteiger partial charge >= 0.3 is 0 Å². The third-order valence-corrected chi connectivity index (χ3v) is 4.19. The number of hydrogen-bond acceptors (Lipinski definition) is 2. The Labute approximate surface area is 111 Å². The quantitative estimate of drug-likeness (QED) is 0.878. The molecule has 0 spiro atoms. The maximum absolute atomic E-state index is 10.1. The summed E-state index contributed by atoms with van der Waals surface area (Å²) in [6.45, 7) is 8.89. The lowest BCUT2D eigenvalue weighted by atomic mass is 9.95. The Kier molecular flexibility index (Phi) is 4.28. The zero-order chi connectivity index (χ0) is 13.1. The summed E-state index contributed by atoms with van der Waals surface area (Å²) in [5.41, 5.74) is 2.32. The predicted molar refractivity (Wildman–Crippen MR) is 76.9 cm³/mol. The van der Waals surface area contributed by atoms with E-state index in [1.807, 2.05) is 13.0 Å². The monoisotopic (exact) mass is 247 g/mol. The lowest BCUT2D eigenvalue weighted by Crippen LogP contribution is -2.22. The molecule has 1 aliphatic heterocycles. The number of rotatable bonds is 4. The molecule has 100 valence electrons. The molecule has 2 heteroatoms. The minimum absolute atomic E-state index is 0.334. The van der Waals surface area contributed by atoms with Gasteiger partial charge in [-0.05, 0) is 30.7 Å². The van der Waals surface area contributed by atoms with E-state index in [1.165, 1.54) is 12.1 Å². The van der Waals surface area contributed by atoms with Crippen LogP contribution in [0.4, 0.5) is 5.69 Å². The van der Waals surface area contributed by atoms with Crippen molar-refractivity contribution in [3.63, 3.8) is 0 Å². The van der Waals surface area contributed by atoms with Crippen LogP contribution in [0.25, 0.3) is 0 Å². The minimum atomic E-state index is -0.334. The molecule has 1 fully saturated rings. The van der Waals surface area contributed by atoms with E-state index in [4.69, 9.17) is 0 Å². The molecule has 2 atom stereocenters. The van der Waals surface area contributed by atoms with Crippen LogP contribution >= 0.6 is 0 Å². The number of benzene rings is 1. The first kappa shape index (κ1) is 13.4. The number of nitrogens with zero attached hydrogens (tertiary/aromatic N) is 1. The number of aliphatic hydroxyl groups excluding tert-OH is 1. The van der Waals surface area contributed by atoms with Crippen LogP contribution in [0.1, 0.15) is 45.3 Å². The van der Waals surface area contributed by atoms with Gasteiger partial charge in [0.15, 0.2) is 0 Å². The molecule has 18 heavy (non-hydrogen) atoms. The molecule has 1 aromatic rings. The summed E-state index contributed by atoms with van der Waals surface area (Å²) in [6.07, 6.45) is 1.71. The van der Waals surface area contributed by atoms with Crippen LogP contribution in [0.2, 0.25) is 0 Å². The van der Waals surface area contributed by atoms with Crippen molar-refractivity contribution >= 4 is 5.69 Å². The van der Waals surface area contributed by atoms with Gasteiger partial charge in [-0.15, -0.1) is 0 Å². The highest BCUT2D eigenvalue weighted by Gasteiger charge is 2.26. The van der Waals surface area contributed by atoms with Crippen molar-refractivity contribution in [3.05, 3.63) is 29.8 Å². The Morgan fingerprint density at radius 3 is 2.67 bits per heavy atom. The molecule has 0 amide bonds. The highest BCUT2D eigenvalue weighted by Crippen LogP contribution is 2.33. The lowest BCUT2D eigenvalue weighted by Gasteiger charge is -2.24. The maximum atomic E-state index is 10.1. The Balaban J connectivity index is 2.19. The maximum Gasteiger partial charge on any atom is 0.0807 e. The van der Waals surface area contributed by atoms with Crippen molar-refractivity contribution < 1.29 is 5.11 Å². The molecule has 2 rings (SSSR count). The molecule has 0 aromatic heterocycles. The fourth-order valence-corrected chi connectivity index (χ4v) is 2.83. The summed E-state index contributed by atoms with van der Waals surface area (Å²) in [7, 11) is 0. The lowest BCUT2D eigenvalue weighted by molar-refractivity contribution is 0.174. The first-order valence-corrected chi connectivity index (χ1v) is 7.15. The van der Waals surface area contributed by atoms with Crippen molar-refractivity contribution in [3.8, 4) is 0 Å². The second-order valence-electron chi connectivity index (χ2n) is 5.72. The van der Waals surface area contributed by atoms with Gasteiger partial charge in [-0.25, -0.2) is 0 Å². The molecule has 2 nitrogen and oxygen atoms in total. The van der Waals surface area contributed by atoms with Crippen molar-refractivity contribution in [2.24, 2.45) is 11.8 Å². The van der Waals surface area contributed by atoms with E-state index in [-0.39, 0.29) is 6.10 Å². The van der Waals surface area contributed by atoms with Gasteiger partial charge in [-0.3, -0.25) is 0 Å². The normalized spacial score (nSPS) is 21.6. The number of anilines is 1. The molecule has 1 unspecified atom stereocenters. The van der Waals surface area contributed by atoms with Gasteiger partial charge in [-0.1, -0.05) is 39.0 Å². The summed E-state index contributed by atoms with van der Waals surface area (Å²) in [4.78, 5) is 2.44. The SMILES string of the molecule is CC[C@H](O)c1ccccc1N1CCC(C(C)C)C1. The number of aliphatic hydroxyl groups is 1. The van der Waals surface area contributed by atoms with Gasteiger partial charge in [0, 0.05) is 24.3 Å². The molecule has 0 aliphatic carbocycles. The first-order chi connectivity index (χ1) is 8.63. The molecule has 0 saturated carbocycles. The topological polar surface area (TPSA) is 23.5 Å². The Bertz CT molecular complexity index is 388. The van der Waals surface area contributed by atoms with E-state index in [9.17, 15) is 5.11 Å². The molecule has 1 N–H and O–H groups in total. The zero-order valence-electron chi connectivity index (χ0n) is 11.8. The molecular weight excluding hydrogens is 222 g/mol. The van der Waals surface area contributed by atoms with Gasteiger partial charge in [0.05, 0.1) is 6.10 Å². The van der Waals surface area contributed by atoms with E-state index in [0.29, 0.717) is 0 Å². The van der Waals surface area contributed by atoms with Crippen LogP contribution in [-0.2, 0) is 0 Å². The molecule has 1 aliphatic rings. The fraction of sp³-hybridized carbons (Fsp3) is 0.625. The third kappa shape index (κ3) is 2.69. The molecule has 0 radical (unpaired) electrons. The van der Waals surface area contributed by atoms with Crippen molar-refractivity contribution in [1.29, 1.82) is 0 Å². The Morgan fingerprint density at radius 1 is 1.33 bits per heavy atom. The first-order valence-electron chi connectivity index (χ1n) is 7.15. The largest absolute Gasteiger partial charge is 0.388 e. The van der Waals surface area contributed by atoms with Gasteiger partial charge in [0.2, 0.25) is 0 Å². The average Bonchev–Trinajstić information content (AvgIpc) is 2.87. The number of para-hydroxylation sites is 1. The molecule has 1 aromatic carbocycles. The average molecular weight is 247 g/mol. The predicted octanol–water partition coefficient (Wildman–Crippen LogP) is 3.61. The highest BCUT2D eigenvalue weighted by molar-refractivity contribution is 5.55. The van der Waals surface area contributed by atoms with Gasteiger partial charge in [0.25, 0.3) is 0 Å². The molecule has 1 heterocycles. The van der Waals surface area contributed by atoms with Crippen LogP contribution in [0, 0.1) is 11.8 Å². The minimum Gasteiger partial charge on any atom is -0.388 e. The van der Waals surface area contributed by atoms with E-state index in [1.54, 1.807) is 0 Å². The number of hydrogen-bond donors (Lipinski definition) is 1. The van der Waals surface area contributed by atoms with E-state index >= 15 is 0 Å². The summed E-state index contributed by atoms with van der Waals surface area (Å²) in [6, 6.07) is 8.31. The fourth-order valence-electron chi connectivity index (χ4n) is 2.83. The van der Waals surface area contributed by atoms with Gasteiger partial charge in [0.1, 0.15) is 0 Å². The van der Waals surface area contributed by atoms with Crippen LogP contribution < -0.4 is 4.90 Å². The second kappa shape index (κ2) is 5.75. The van der Waals surface area contributed by atoms with Gasteiger partial charge < -0.3 is 10.0 Å². The van der Waals surface area contributed by atoms with Crippen LogP contribution in [-0.4, -0.2) is 18.2 Å². The molecule has 0 bridgehead atoms. The molecule has 1 saturated heterocycles. The zero-order valence-corrected chi connectivity index (χ0v) is 11.8. The smallest absolute Gasteiger partial charge is 0.0807 e.